The lowest BCUT2D eigenvalue weighted by molar-refractivity contribution is 0.0857. The minimum absolute atomic E-state index is 0.0194. The summed E-state index contributed by atoms with van der Waals surface area (Å²) in [6, 6.07) is 7.57. The molecule has 0 aliphatic carbocycles. The summed E-state index contributed by atoms with van der Waals surface area (Å²) in [5.74, 6) is -0.0194. The van der Waals surface area contributed by atoms with Crippen molar-refractivity contribution in [3.8, 4) is 0 Å². The number of nitrogens with one attached hydrogen (secondary N) is 1. The van der Waals surface area contributed by atoms with E-state index in [1.165, 1.54) is 0 Å². The molecule has 0 unspecified atom stereocenters. The van der Waals surface area contributed by atoms with Crippen molar-refractivity contribution in [3.63, 3.8) is 0 Å². The number of rotatable bonds is 3. The van der Waals surface area contributed by atoms with Gasteiger partial charge in [0.05, 0.1) is 6.10 Å². The smallest absolute Gasteiger partial charge is 0.251 e. The number of carbonyl (C=O) groups excluding carboxylic acids is 1. The molecule has 0 spiro atoms. The molecule has 86 valence electrons. The summed E-state index contributed by atoms with van der Waals surface area (Å²) in [5, 5.41) is 2.90. The molecule has 1 aromatic carbocycles. The van der Waals surface area contributed by atoms with Crippen molar-refractivity contribution in [3.05, 3.63) is 33.4 Å². The molecule has 1 fully saturated rings. The Morgan fingerprint density at radius 2 is 2.44 bits per heavy atom. The van der Waals surface area contributed by atoms with E-state index in [4.69, 9.17) is 4.74 Å². The molecule has 1 heterocycles. The van der Waals surface area contributed by atoms with Crippen molar-refractivity contribution in [1.29, 1.82) is 0 Å². The molecule has 1 aliphatic rings. The maximum Gasteiger partial charge on any atom is 0.251 e. The molecule has 0 aromatic heterocycles. The van der Waals surface area contributed by atoms with Crippen molar-refractivity contribution in [1.82, 2.24) is 5.32 Å². The highest BCUT2D eigenvalue weighted by Gasteiger charge is 2.16. The molecule has 0 bridgehead atoms. The van der Waals surface area contributed by atoms with Gasteiger partial charge in [-0.15, -0.1) is 0 Å². The number of amides is 1. The maximum atomic E-state index is 11.8. The minimum atomic E-state index is -0.0194. The van der Waals surface area contributed by atoms with Gasteiger partial charge in [-0.25, -0.2) is 0 Å². The van der Waals surface area contributed by atoms with E-state index in [-0.39, 0.29) is 12.0 Å². The molecule has 16 heavy (non-hydrogen) atoms. The second kappa shape index (κ2) is 5.63. The van der Waals surface area contributed by atoms with Crippen LogP contribution < -0.4 is 5.32 Å². The average molecular weight is 331 g/mol. The molecule has 4 heteroatoms. The molecule has 0 saturated carbocycles. The third-order valence-electron chi connectivity index (χ3n) is 2.60. The van der Waals surface area contributed by atoms with Crippen LogP contribution in [0.4, 0.5) is 0 Å². The number of carbonyl (C=O) groups is 1. The highest BCUT2D eigenvalue weighted by molar-refractivity contribution is 14.1. The summed E-state index contributed by atoms with van der Waals surface area (Å²) in [6.45, 7) is 1.44. The SMILES string of the molecule is O=C(NC[C@@H]1CCCO1)c1cccc(I)c1. The van der Waals surface area contributed by atoms with Crippen LogP contribution in [-0.4, -0.2) is 25.2 Å². The second-order valence-electron chi connectivity index (χ2n) is 3.86. The molecule has 1 aliphatic heterocycles. The van der Waals surface area contributed by atoms with Crippen LogP contribution in [0.25, 0.3) is 0 Å². The Morgan fingerprint density at radius 1 is 1.56 bits per heavy atom. The highest BCUT2D eigenvalue weighted by Crippen LogP contribution is 2.11. The van der Waals surface area contributed by atoms with Gasteiger partial charge in [0, 0.05) is 22.3 Å². The zero-order valence-electron chi connectivity index (χ0n) is 8.91. The van der Waals surface area contributed by atoms with E-state index < -0.39 is 0 Å². The molecule has 1 saturated heterocycles. The normalized spacial score (nSPS) is 19.7. The molecule has 1 N–H and O–H groups in total. The van der Waals surface area contributed by atoms with Crippen LogP contribution in [0.5, 0.6) is 0 Å². The Kier molecular flexibility index (Phi) is 4.17. The van der Waals surface area contributed by atoms with Gasteiger partial charge in [0.2, 0.25) is 0 Å². The number of hydrogen-bond donors (Lipinski definition) is 1. The van der Waals surface area contributed by atoms with Gasteiger partial charge in [-0.2, -0.15) is 0 Å². The average Bonchev–Trinajstić information content (AvgIpc) is 2.78. The van der Waals surface area contributed by atoms with Crippen molar-refractivity contribution < 1.29 is 9.53 Å². The standard InChI is InChI=1S/C12H14INO2/c13-10-4-1-3-9(7-10)12(15)14-8-11-5-2-6-16-11/h1,3-4,7,11H,2,5-6,8H2,(H,14,15)/t11-/m0/s1. The highest BCUT2D eigenvalue weighted by atomic mass is 127. The van der Waals surface area contributed by atoms with Gasteiger partial charge in [-0.05, 0) is 53.6 Å². The van der Waals surface area contributed by atoms with E-state index in [1.807, 2.05) is 24.3 Å². The first-order chi connectivity index (χ1) is 7.75. The topological polar surface area (TPSA) is 38.3 Å². The summed E-state index contributed by atoms with van der Waals surface area (Å²) >= 11 is 2.20. The van der Waals surface area contributed by atoms with E-state index in [0.29, 0.717) is 12.1 Å². The van der Waals surface area contributed by atoms with Crippen LogP contribution in [0.1, 0.15) is 23.2 Å². The second-order valence-corrected chi connectivity index (χ2v) is 5.10. The van der Waals surface area contributed by atoms with Gasteiger partial charge in [0.25, 0.3) is 5.91 Å². The first kappa shape index (κ1) is 11.9. The fourth-order valence-corrected chi connectivity index (χ4v) is 2.29. The van der Waals surface area contributed by atoms with Gasteiger partial charge >= 0.3 is 0 Å². The molecule has 1 amide bonds. The van der Waals surface area contributed by atoms with E-state index >= 15 is 0 Å². The van der Waals surface area contributed by atoms with Crippen LogP contribution in [0.3, 0.4) is 0 Å². The van der Waals surface area contributed by atoms with Crippen molar-refractivity contribution in [2.75, 3.05) is 13.2 Å². The molecule has 1 aromatic rings. The lowest BCUT2D eigenvalue weighted by Gasteiger charge is -2.10. The predicted molar refractivity (Wildman–Crippen MR) is 70.5 cm³/mol. The number of halogens is 1. The first-order valence-electron chi connectivity index (χ1n) is 5.41. The van der Waals surface area contributed by atoms with E-state index in [0.717, 1.165) is 23.0 Å². The van der Waals surface area contributed by atoms with Crippen molar-refractivity contribution >= 4 is 28.5 Å². The van der Waals surface area contributed by atoms with Crippen LogP contribution >= 0.6 is 22.6 Å². The van der Waals surface area contributed by atoms with Crippen LogP contribution in [0, 0.1) is 3.57 Å². The molecular formula is C12H14INO2. The summed E-state index contributed by atoms with van der Waals surface area (Å²) < 4.78 is 6.52. The van der Waals surface area contributed by atoms with Gasteiger partial charge in [-0.3, -0.25) is 4.79 Å². The van der Waals surface area contributed by atoms with Gasteiger partial charge in [-0.1, -0.05) is 6.07 Å². The molecule has 2 rings (SSSR count). The van der Waals surface area contributed by atoms with E-state index in [2.05, 4.69) is 27.9 Å². The van der Waals surface area contributed by atoms with E-state index in [1.54, 1.807) is 0 Å². The van der Waals surface area contributed by atoms with Gasteiger partial charge < -0.3 is 10.1 Å². The largest absolute Gasteiger partial charge is 0.376 e. The molecule has 3 nitrogen and oxygen atoms in total. The molecule has 0 radical (unpaired) electrons. The Labute approximate surface area is 109 Å². The summed E-state index contributed by atoms with van der Waals surface area (Å²) in [4.78, 5) is 11.8. The first-order valence-corrected chi connectivity index (χ1v) is 6.49. The summed E-state index contributed by atoms with van der Waals surface area (Å²) in [5.41, 5.74) is 0.713. The monoisotopic (exact) mass is 331 g/mol. The molecular weight excluding hydrogens is 317 g/mol. The number of hydrogen-bond acceptors (Lipinski definition) is 2. The minimum Gasteiger partial charge on any atom is -0.376 e. The summed E-state index contributed by atoms with van der Waals surface area (Å²) in [6.07, 6.45) is 2.35. The predicted octanol–water partition coefficient (Wildman–Crippen LogP) is 2.20. The Hall–Kier alpha value is -0.620. The maximum absolute atomic E-state index is 11.8. The van der Waals surface area contributed by atoms with Gasteiger partial charge in [0.15, 0.2) is 0 Å². The quantitative estimate of drug-likeness (QED) is 0.863. The third kappa shape index (κ3) is 3.18. The van der Waals surface area contributed by atoms with Crippen molar-refractivity contribution in [2.45, 2.75) is 18.9 Å². The Morgan fingerprint density at radius 3 is 3.12 bits per heavy atom. The fourth-order valence-electron chi connectivity index (χ4n) is 1.74. The third-order valence-corrected chi connectivity index (χ3v) is 3.27. The zero-order valence-corrected chi connectivity index (χ0v) is 11.1. The van der Waals surface area contributed by atoms with Crippen LogP contribution in [0.2, 0.25) is 0 Å². The lowest BCUT2D eigenvalue weighted by atomic mass is 10.2. The Balaban J connectivity index is 1.87. The molecule has 1 atom stereocenters. The summed E-state index contributed by atoms with van der Waals surface area (Å²) in [7, 11) is 0. The Bertz CT molecular complexity index is 375. The lowest BCUT2D eigenvalue weighted by Crippen LogP contribution is -2.31. The number of ether oxygens (including phenoxy) is 1. The zero-order chi connectivity index (χ0) is 11.4. The fraction of sp³-hybridized carbons (Fsp3) is 0.417. The van der Waals surface area contributed by atoms with Crippen LogP contribution in [0.15, 0.2) is 24.3 Å². The van der Waals surface area contributed by atoms with Gasteiger partial charge in [0.1, 0.15) is 0 Å². The van der Waals surface area contributed by atoms with Crippen LogP contribution in [-0.2, 0) is 4.74 Å². The number of benzene rings is 1. The van der Waals surface area contributed by atoms with Crippen molar-refractivity contribution in [2.24, 2.45) is 0 Å². The van der Waals surface area contributed by atoms with E-state index in [9.17, 15) is 4.79 Å².